The van der Waals surface area contributed by atoms with Gasteiger partial charge in [0.15, 0.2) is 5.75 Å². The van der Waals surface area contributed by atoms with Gasteiger partial charge in [-0.3, -0.25) is 4.79 Å². The second-order valence-electron chi connectivity index (χ2n) is 2.50. The van der Waals surface area contributed by atoms with Crippen molar-refractivity contribution in [2.45, 2.75) is 6.92 Å². The van der Waals surface area contributed by atoms with Crippen molar-refractivity contribution in [3.8, 4) is 6.07 Å². The number of sulfonamides is 1. The van der Waals surface area contributed by atoms with Crippen LogP contribution in [-0.2, 0) is 14.8 Å². The van der Waals surface area contributed by atoms with Crippen molar-refractivity contribution in [3.05, 3.63) is 0 Å². The Labute approximate surface area is 76.2 Å². The summed E-state index contributed by atoms with van der Waals surface area (Å²) < 4.78 is 23.7. The molecule has 1 unspecified atom stereocenters. The molecule has 6 nitrogen and oxygen atoms in total. The Morgan fingerprint density at radius 3 is 2.62 bits per heavy atom. The Balaban J connectivity index is 4.04. The summed E-state index contributed by atoms with van der Waals surface area (Å²) in [6, 6.07) is 1.46. The van der Waals surface area contributed by atoms with Gasteiger partial charge in [0.1, 0.15) is 0 Å². The van der Waals surface area contributed by atoms with Gasteiger partial charge < -0.3 is 5.11 Å². The molecule has 7 heteroatoms. The van der Waals surface area contributed by atoms with Crippen LogP contribution in [0, 0.1) is 17.2 Å². The molecule has 0 spiro atoms. The van der Waals surface area contributed by atoms with Gasteiger partial charge in [0.25, 0.3) is 0 Å². The van der Waals surface area contributed by atoms with E-state index in [4.69, 9.17) is 10.4 Å². The van der Waals surface area contributed by atoms with Crippen LogP contribution < -0.4 is 4.72 Å². The van der Waals surface area contributed by atoms with Crippen LogP contribution in [0.1, 0.15) is 6.92 Å². The zero-order chi connectivity index (χ0) is 10.5. The van der Waals surface area contributed by atoms with Crippen molar-refractivity contribution < 1.29 is 18.3 Å². The van der Waals surface area contributed by atoms with Gasteiger partial charge in [0.05, 0.1) is 12.0 Å². The van der Waals surface area contributed by atoms with E-state index in [1.807, 2.05) is 4.72 Å². The molecule has 0 rings (SSSR count). The van der Waals surface area contributed by atoms with E-state index in [1.54, 1.807) is 0 Å². The highest BCUT2D eigenvalue weighted by molar-refractivity contribution is 7.89. The summed E-state index contributed by atoms with van der Waals surface area (Å²) in [5, 5.41) is 16.5. The van der Waals surface area contributed by atoms with Gasteiger partial charge in [-0.2, -0.15) is 5.26 Å². The summed E-state index contributed by atoms with van der Waals surface area (Å²) in [6.07, 6.45) is 0. The molecule has 0 radical (unpaired) electrons. The van der Waals surface area contributed by atoms with Gasteiger partial charge in [-0.15, -0.1) is 0 Å². The monoisotopic (exact) mass is 206 g/mol. The van der Waals surface area contributed by atoms with Crippen molar-refractivity contribution in [3.63, 3.8) is 0 Å². The van der Waals surface area contributed by atoms with Crippen molar-refractivity contribution >= 4 is 16.0 Å². The van der Waals surface area contributed by atoms with E-state index >= 15 is 0 Å². The standard InChI is InChI=1S/C6H10N2O4S/c1-5(6(9)10)4-8-13(11,12)3-2-7/h5,8H,3-4H2,1H3,(H,9,10). The molecule has 74 valence electrons. The summed E-state index contributed by atoms with van der Waals surface area (Å²) >= 11 is 0. The molecule has 0 saturated heterocycles. The lowest BCUT2D eigenvalue weighted by atomic mass is 10.2. The Morgan fingerprint density at radius 2 is 2.23 bits per heavy atom. The van der Waals surface area contributed by atoms with Crippen LogP contribution in [0.5, 0.6) is 0 Å². The maximum Gasteiger partial charge on any atom is 0.307 e. The van der Waals surface area contributed by atoms with Crippen LogP contribution in [0.4, 0.5) is 0 Å². The van der Waals surface area contributed by atoms with Gasteiger partial charge >= 0.3 is 5.97 Å². The molecule has 2 N–H and O–H groups in total. The number of hydrogen-bond acceptors (Lipinski definition) is 4. The average Bonchev–Trinajstić information content (AvgIpc) is 2.00. The van der Waals surface area contributed by atoms with E-state index in [1.165, 1.54) is 13.0 Å². The summed E-state index contributed by atoms with van der Waals surface area (Å²) in [6.45, 7) is 1.18. The highest BCUT2D eigenvalue weighted by atomic mass is 32.2. The smallest absolute Gasteiger partial charge is 0.307 e. The molecule has 1 atom stereocenters. The second-order valence-corrected chi connectivity index (χ2v) is 4.31. The number of carboxylic acid groups (broad SMARTS) is 1. The molecule has 0 saturated carbocycles. The number of aliphatic carboxylic acids is 1. The van der Waals surface area contributed by atoms with Gasteiger partial charge in [-0.05, 0) is 0 Å². The number of nitrogens with one attached hydrogen (secondary N) is 1. The Hall–Kier alpha value is -1.13. The van der Waals surface area contributed by atoms with Crippen molar-refractivity contribution in [1.29, 1.82) is 5.26 Å². The highest BCUT2D eigenvalue weighted by Crippen LogP contribution is 1.93. The largest absolute Gasteiger partial charge is 0.481 e. The predicted octanol–water partition coefficient (Wildman–Crippen LogP) is -0.850. The van der Waals surface area contributed by atoms with Crippen molar-refractivity contribution in [1.82, 2.24) is 4.72 Å². The Kier molecular flexibility index (Phi) is 4.37. The van der Waals surface area contributed by atoms with E-state index in [9.17, 15) is 13.2 Å². The third-order valence-electron chi connectivity index (χ3n) is 1.29. The van der Waals surface area contributed by atoms with E-state index in [0.717, 1.165) is 0 Å². The minimum Gasteiger partial charge on any atom is -0.481 e. The topological polar surface area (TPSA) is 107 Å². The molecular weight excluding hydrogens is 196 g/mol. The van der Waals surface area contributed by atoms with Gasteiger partial charge in [0.2, 0.25) is 10.0 Å². The van der Waals surface area contributed by atoms with Gasteiger partial charge in [0, 0.05) is 6.54 Å². The van der Waals surface area contributed by atoms with E-state index in [0.29, 0.717) is 0 Å². The first-order valence-corrected chi connectivity index (χ1v) is 5.11. The second kappa shape index (κ2) is 4.79. The van der Waals surface area contributed by atoms with Crippen molar-refractivity contribution in [2.24, 2.45) is 5.92 Å². The molecule has 13 heavy (non-hydrogen) atoms. The zero-order valence-corrected chi connectivity index (χ0v) is 7.84. The predicted molar refractivity (Wildman–Crippen MR) is 44.2 cm³/mol. The third kappa shape index (κ3) is 5.16. The van der Waals surface area contributed by atoms with Crippen LogP contribution in [0.3, 0.4) is 0 Å². The first-order valence-electron chi connectivity index (χ1n) is 3.46. The first-order chi connectivity index (χ1) is 5.89. The third-order valence-corrected chi connectivity index (χ3v) is 2.40. The van der Waals surface area contributed by atoms with Crippen LogP contribution in [-0.4, -0.2) is 31.8 Å². The van der Waals surface area contributed by atoms with Gasteiger partial charge in [-0.1, -0.05) is 6.92 Å². The van der Waals surface area contributed by atoms with Crippen LogP contribution in [0.25, 0.3) is 0 Å². The zero-order valence-electron chi connectivity index (χ0n) is 7.02. The number of carboxylic acids is 1. The number of hydrogen-bond donors (Lipinski definition) is 2. The lowest BCUT2D eigenvalue weighted by molar-refractivity contribution is -0.140. The molecule has 0 heterocycles. The summed E-state index contributed by atoms with van der Waals surface area (Å²) in [7, 11) is -3.63. The summed E-state index contributed by atoms with van der Waals surface area (Å²) in [4.78, 5) is 10.3. The Morgan fingerprint density at radius 1 is 1.69 bits per heavy atom. The lowest BCUT2D eigenvalue weighted by Gasteiger charge is -2.06. The minimum atomic E-state index is -3.63. The lowest BCUT2D eigenvalue weighted by Crippen LogP contribution is -2.32. The molecule has 0 aliphatic carbocycles. The summed E-state index contributed by atoms with van der Waals surface area (Å²) in [5.41, 5.74) is 0. The maximum absolute atomic E-state index is 10.8. The molecule has 0 aromatic rings. The molecule has 0 amide bonds. The minimum absolute atomic E-state index is 0.195. The van der Waals surface area contributed by atoms with Crippen LogP contribution in [0.15, 0.2) is 0 Å². The number of carbonyl (C=O) groups is 1. The Bertz CT molecular complexity index is 316. The highest BCUT2D eigenvalue weighted by Gasteiger charge is 2.15. The fraction of sp³-hybridized carbons (Fsp3) is 0.667. The fourth-order valence-corrected chi connectivity index (χ4v) is 1.25. The van der Waals surface area contributed by atoms with Crippen LogP contribution >= 0.6 is 0 Å². The molecule has 0 bridgehead atoms. The average molecular weight is 206 g/mol. The van der Waals surface area contributed by atoms with E-state index < -0.39 is 27.7 Å². The van der Waals surface area contributed by atoms with Crippen LogP contribution in [0.2, 0.25) is 0 Å². The molecule has 0 aliphatic heterocycles. The fourth-order valence-electron chi connectivity index (χ4n) is 0.475. The van der Waals surface area contributed by atoms with E-state index in [-0.39, 0.29) is 6.54 Å². The molecule has 0 fully saturated rings. The maximum atomic E-state index is 10.8. The molecular formula is C6H10N2O4S. The molecule has 0 aromatic carbocycles. The first kappa shape index (κ1) is 11.9. The van der Waals surface area contributed by atoms with Crippen molar-refractivity contribution in [2.75, 3.05) is 12.3 Å². The quantitative estimate of drug-likeness (QED) is 0.609. The number of nitrogens with zero attached hydrogens (tertiary/aromatic N) is 1. The normalized spacial score (nSPS) is 13.2. The van der Waals surface area contributed by atoms with E-state index in [2.05, 4.69) is 0 Å². The number of nitriles is 1. The van der Waals surface area contributed by atoms with Gasteiger partial charge in [-0.25, -0.2) is 13.1 Å². The number of rotatable bonds is 5. The summed E-state index contributed by atoms with van der Waals surface area (Å²) in [5.74, 6) is -2.53. The SMILES string of the molecule is CC(CNS(=O)(=O)CC#N)C(=O)O. The molecule has 0 aliphatic rings. The molecule has 0 aromatic heterocycles.